The van der Waals surface area contributed by atoms with E-state index in [1.165, 1.54) is 0 Å². The number of likely N-dealkylation sites (N-methyl/N-ethyl adjacent to an activating group) is 1. The van der Waals surface area contributed by atoms with Crippen LogP contribution in [0.1, 0.15) is 32.4 Å². The molecule has 1 aromatic heterocycles. The van der Waals surface area contributed by atoms with E-state index < -0.39 is 5.41 Å². The highest BCUT2D eigenvalue weighted by molar-refractivity contribution is 7.80. The minimum Gasteiger partial charge on any atom is -0.392 e. The molecule has 0 bridgehead atoms. The number of rotatable bonds is 7. The fourth-order valence-corrected chi connectivity index (χ4v) is 2.68. The molecule has 0 aliphatic heterocycles. The van der Waals surface area contributed by atoms with E-state index in [0.717, 1.165) is 12.1 Å². The largest absolute Gasteiger partial charge is 0.392 e. The van der Waals surface area contributed by atoms with Crippen molar-refractivity contribution in [2.24, 2.45) is 11.1 Å². The molecule has 110 valence electrons. The van der Waals surface area contributed by atoms with Crippen LogP contribution in [-0.2, 0) is 11.2 Å². The maximum Gasteiger partial charge on any atom is 0.235 e. The molecule has 1 rings (SSSR count). The number of thiocarbonyl (C=S) groups is 1. The van der Waals surface area contributed by atoms with E-state index in [-0.39, 0.29) is 10.9 Å². The zero-order valence-electron chi connectivity index (χ0n) is 12.4. The lowest BCUT2D eigenvalue weighted by atomic mass is 9.80. The van der Waals surface area contributed by atoms with E-state index in [4.69, 9.17) is 18.0 Å². The van der Waals surface area contributed by atoms with Gasteiger partial charge in [-0.2, -0.15) is 0 Å². The molecule has 4 nitrogen and oxygen atoms in total. The summed E-state index contributed by atoms with van der Waals surface area (Å²) in [5.74, 6) is 0.00549. The van der Waals surface area contributed by atoms with Crippen LogP contribution in [0.4, 0.5) is 0 Å². The van der Waals surface area contributed by atoms with Crippen molar-refractivity contribution < 1.29 is 4.79 Å². The van der Waals surface area contributed by atoms with Gasteiger partial charge in [0.1, 0.15) is 0 Å². The first-order valence-electron chi connectivity index (χ1n) is 6.93. The van der Waals surface area contributed by atoms with Crippen molar-refractivity contribution in [1.82, 2.24) is 9.88 Å². The maximum atomic E-state index is 12.6. The molecule has 2 N–H and O–H groups in total. The van der Waals surface area contributed by atoms with Crippen LogP contribution in [-0.4, -0.2) is 34.4 Å². The first-order valence-corrected chi connectivity index (χ1v) is 7.34. The highest BCUT2D eigenvalue weighted by atomic mass is 32.1. The Kier molecular flexibility index (Phi) is 6.07. The number of carbonyl (C=O) groups is 1. The second-order valence-corrected chi connectivity index (χ2v) is 5.39. The average Bonchev–Trinajstić information content (AvgIpc) is 2.47. The Morgan fingerprint density at radius 1 is 1.40 bits per heavy atom. The molecule has 0 unspecified atom stereocenters. The summed E-state index contributed by atoms with van der Waals surface area (Å²) in [5.41, 5.74) is 6.07. The third-order valence-corrected chi connectivity index (χ3v) is 4.26. The summed E-state index contributed by atoms with van der Waals surface area (Å²) in [4.78, 5) is 18.9. The molecule has 0 spiro atoms. The van der Waals surface area contributed by atoms with E-state index in [0.29, 0.717) is 19.4 Å². The number of nitrogens with zero attached hydrogens (tertiary/aromatic N) is 2. The number of hydrogen-bond donors (Lipinski definition) is 1. The van der Waals surface area contributed by atoms with Gasteiger partial charge in [-0.1, -0.05) is 32.1 Å². The van der Waals surface area contributed by atoms with Crippen LogP contribution in [0.3, 0.4) is 0 Å². The molecule has 5 heteroatoms. The topological polar surface area (TPSA) is 59.2 Å². The molecule has 0 saturated carbocycles. The molecule has 0 aliphatic carbocycles. The Morgan fingerprint density at radius 2 is 2.05 bits per heavy atom. The van der Waals surface area contributed by atoms with Gasteiger partial charge in [-0.15, -0.1) is 0 Å². The molecule has 1 aromatic rings. The van der Waals surface area contributed by atoms with E-state index in [1.54, 1.807) is 18.1 Å². The second-order valence-electron chi connectivity index (χ2n) is 4.95. The number of amides is 1. The van der Waals surface area contributed by atoms with Crippen molar-refractivity contribution in [3.8, 4) is 0 Å². The van der Waals surface area contributed by atoms with Crippen LogP contribution in [0.2, 0.25) is 0 Å². The minimum absolute atomic E-state index is 0.00549. The fourth-order valence-electron chi connectivity index (χ4n) is 2.30. The Labute approximate surface area is 126 Å². The smallest absolute Gasteiger partial charge is 0.235 e. The molecule has 0 aliphatic rings. The zero-order chi connectivity index (χ0) is 15.2. The lowest BCUT2D eigenvalue weighted by Crippen LogP contribution is -2.49. The standard InChI is InChI=1S/C15H23N3OS/c1-4-15(5-2,13(16)20)14(19)18(3)11-9-12-8-6-7-10-17-12/h6-8,10H,4-5,9,11H2,1-3H3,(H2,16,20). The van der Waals surface area contributed by atoms with Crippen LogP contribution in [0.15, 0.2) is 24.4 Å². The Balaban J connectivity index is 2.73. The van der Waals surface area contributed by atoms with E-state index in [2.05, 4.69) is 4.98 Å². The predicted molar refractivity (Wildman–Crippen MR) is 85.4 cm³/mol. The van der Waals surface area contributed by atoms with Gasteiger partial charge >= 0.3 is 0 Å². The van der Waals surface area contributed by atoms with Crippen LogP contribution in [0.25, 0.3) is 0 Å². The number of hydrogen-bond acceptors (Lipinski definition) is 3. The number of aromatic nitrogens is 1. The van der Waals surface area contributed by atoms with E-state index >= 15 is 0 Å². The molecule has 0 fully saturated rings. The molecule has 0 aromatic carbocycles. The van der Waals surface area contributed by atoms with Gasteiger partial charge in [-0.05, 0) is 25.0 Å². The first-order chi connectivity index (χ1) is 9.47. The predicted octanol–water partition coefficient (Wildman–Crippen LogP) is 2.17. The summed E-state index contributed by atoms with van der Waals surface area (Å²) in [7, 11) is 1.80. The minimum atomic E-state index is -0.714. The summed E-state index contributed by atoms with van der Waals surface area (Å²) in [6.45, 7) is 4.51. The SMILES string of the molecule is CCC(CC)(C(=O)N(C)CCc1ccccn1)C(N)=S. The van der Waals surface area contributed by atoms with Gasteiger partial charge in [-0.3, -0.25) is 9.78 Å². The fraction of sp³-hybridized carbons (Fsp3) is 0.533. The van der Waals surface area contributed by atoms with Gasteiger partial charge in [0.15, 0.2) is 0 Å². The van der Waals surface area contributed by atoms with Crippen molar-refractivity contribution in [1.29, 1.82) is 0 Å². The van der Waals surface area contributed by atoms with E-state index in [9.17, 15) is 4.79 Å². The number of nitrogens with two attached hydrogens (primary N) is 1. The second kappa shape index (κ2) is 7.33. The van der Waals surface area contributed by atoms with Gasteiger partial charge in [0.05, 0.1) is 10.4 Å². The van der Waals surface area contributed by atoms with Crippen LogP contribution >= 0.6 is 12.2 Å². The van der Waals surface area contributed by atoms with Crippen molar-refractivity contribution in [2.45, 2.75) is 33.1 Å². The van der Waals surface area contributed by atoms with Gasteiger partial charge in [0.2, 0.25) is 5.91 Å². The number of carbonyl (C=O) groups excluding carboxylic acids is 1. The molecule has 1 amide bonds. The lowest BCUT2D eigenvalue weighted by Gasteiger charge is -2.33. The van der Waals surface area contributed by atoms with Gasteiger partial charge in [-0.25, -0.2) is 0 Å². The van der Waals surface area contributed by atoms with Gasteiger partial charge < -0.3 is 10.6 Å². The summed E-state index contributed by atoms with van der Waals surface area (Å²) in [6.07, 6.45) is 3.75. The maximum absolute atomic E-state index is 12.6. The molecule has 1 heterocycles. The lowest BCUT2D eigenvalue weighted by molar-refractivity contribution is -0.137. The molecular weight excluding hydrogens is 270 g/mol. The van der Waals surface area contributed by atoms with Crippen molar-refractivity contribution in [3.05, 3.63) is 30.1 Å². The van der Waals surface area contributed by atoms with Crippen LogP contribution in [0, 0.1) is 5.41 Å². The molecular formula is C15H23N3OS. The van der Waals surface area contributed by atoms with Crippen LogP contribution < -0.4 is 5.73 Å². The Morgan fingerprint density at radius 3 is 2.50 bits per heavy atom. The zero-order valence-corrected chi connectivity index (χ0v) is 13.2. The Bertz CT molecular complexity index is 457. The quantitative estimate of drug-likeness (QED) is 0.783. The molecule has 20 heavy (non-hydrogen) atoms. The summed E-state index contributed by atoms with van der Waals surface area (Å²) < 4.78 is 0. The third-order valence-electron chi connectivity index (χ3n) is 3.86. The molecule has 0 saturated heterocycles. The van der Waals surface area contributed by atoms with E-state index in [1.807, 2.05) is 32.0 Å². The van der Waals surface area contributed by atoms with Crippen LogP contribution in [0.5, 0.6) is 0 Å². The summed E-state index contributed by atoms with van der Waals surface area (Å²) >= 11 is 5.12. The molecule has 0 radical (unpaired) electrons. The third kappa shape index (κ3) is 3.54. The monoisotopic (exact) mass is 293 g/mol. The summed E-state index contributed by atoms with van der Waals surface area (Å²) in [5, 5.41) is 0. The highest BCUT2D eigenvalue weighted by Crippen LogP contribution is 2.29. The van der Waals surface area contributed by atoms with Crippen molar-refractivity contribution in [2.75, 3.05) is 13.6 Å². The van der Waals surface area contributed by atoms with Crippen molar-refractivity contribution in [3.63, 3.8) is 0 Å². The normalized spacial score (nSPS) is 11.2. The van der Waals surface area contributed by atoms with Gasteiger partial charge in [0.25, 0.3) is 0 Å². The summed E-state index contributed by atoms with van der Waals surface area (Å²) in [6, 6.07) is 5.78. The van der Waals surface area contributed by atoms with Crippen molar-refractivity contribution >= 4 is 23.1 Å². The average molecular weight is 293 g/mol. The Hall–Kier alpha value is -1.49. The number of pyridine rings is 1. The highest BCUT2D eigenvalue weighted by Gasteiger charge is 2.39. The first kappa shape index (κ1) is 16.6. The van der Waals surface area contributed by atoms with Gasteiger partial charge in [0, 0.05) is 31.9 Å². The molecule has 0 atom stereocenters.